The minimum absolute atomic E-state index is 0.0536. The number of hydrogen-bond acceptors (Lipinski definition) is 4. The van der Waals surface area contributed by atoms with Crippen LogP contribution in [0.2, 0.25) is 5.02 Å². The van der Waals surface area contributed by atoms with Gasteiger partial charge in [0.1, 0.15) is 12.6 Å². The molecule has 0 radical (unpaired) electrons. The highest BCUT2D eigenvalue weighted by molar-refractivity contribution is 7.92. The first kappa shape index (κ1) is 32.2. The molecule has 220 valence electrons. The molecule has 0 saturated heterocycles. The van der Waals surface area contributed by atoms with Crippen molar-refractivity contribution in [3.05, 3.63) is 94.0 Å². The van der Waals surface area contributed by atoms with Crippen LogP contribution in [0.25, 0.3) is 0 Å². The van der Waals surface area contributed by atoms with E-state index in [2.05, 4.69) is 5.32 Å². The Kier molecular flexibility index (Phi) is 10.3. The van der Waals surface area contributed by atoms with Gasteiger partial charge in [0.15, 0.2) is 0 Å². The van der Waals surface area contributed by atoms with Gasteiger partial charge in [0.05, 0.1) is 10.6 Å². The molecule has 3 aromatic carbocycles. The van der Waals surface area contributed by atoms with Crippen molar-refractivity contribution in [2.24, 2.45) is 0 Å². The van der Waals surface area contributed by atoms with E-state index in [1.165, 1.54) is 17.0 Å². The van der Waals surface area contributed by atoms with Crippen LogP contribution in [0.5, 0.6) is 0 Å². The smallest absolute Gasteiger partial charge is 0.264 e. The number of sulfonamides is 1. The number of benzene rings is 3. The van der Waals surface area contributed by atoms with Gasteiger partial charge in [-0.3, -0.25) is 13.9 Å². The monoisotopic (exact) mass is 597 g/mol. The van der Waals surface area contributed by atoms with Gasteiger partial charge in [0.25, 0.3) is 10.0 Å². The Morgan fingerprint density at radius 3 is 2.00 bits per heavy atom. The molecule has 7 nitrogen and oxygen atoms in total. The van der Waals surface area contributed by atoms with Crippen LogP contribution in [0.1, 0.15) is 56.4 Å². The number of nitrogens with zero attached hydrogens (tertiary/aromatic N) is 2. The molecule has 1 atom stereocenters. The lowest BCUT2D eigenvalue weighted by Crippen LogP contribution is -2.55. The molecule has 1 N–H and O–H groups in total. The summed E-state index contributed by atoms with van der Waals surface area (Å²) in [4.78, 5) is 29.2. The Balaban J connectivity index is 2.11. The molecule has 0 aliphatic rings. The van der Waals surface area contributed by atoms with Crippen LogP contribution in [0.3, 0.4) is 0 Å². The summed E-state index contributed by atoms with van der Waals surface area (Å²) in [6.45, 7) is 12.7. The second kappa shape index (κ2) is 13.1. The summed E-state index contributed by atoms with van der Waals surface area (Å²) in [5, 5.41) is 3.32. The first-order valence-corrected chi connectivity index (χ1v) is 15.5. The molecule has 2 amide bonds. The molecule has 1 unspecified atom stereocenters. The third-order valence-electron chi connectivity index (χ3n) is 6.69. The summed E-state index contributed by atoms with van der Waals surface area (Å²) in [6.07, 6.45) is 0.348. The van der Waals surface area contributed by atoms with Gasteiger partial charge < -0.3 is 10.2 Å². The number of rotatable bonds is 10. The zero-order valence-corrected chi connectivity index (χ0v) is 26.4. The van der Waals surface area contributed by atoms with Crippen molar-refractivity contribution >= 4 is 39.1 Å². The summed E-state index contributed by atoms with van der Waals surface area (Å²) in [5.74, 6) is -0.802. The van der Waals surface area contributed by atoms with Crippen LogP contribution in [-0.4, -0.2) is 43.3 Å². The predicted octanol–water partition coefficient (Wildman–Crippen LogP) is 6.18. The van der Waals surface area contributed by atoms with Crippen molar-refractivity contribution in [3.63, 3.8) is 0 Å². The van der Waals surface area contributed by atoms with Crippen molar-refractivity contribution in [2.45, 2.75) is 77.9 Å². The number of carbonyl (C=O) groups excluding carboxylic acids is 2. The van der Waals surface area contributed by atoms with E-state index in [1.54, 1.807) is 37.3 Å². The van der Waals surface area contributed by atoms with E-state index in [1.807, 2.05) is 65.8 Å². The molecule has 0 heterocycles. The Morgan fingerprint density at radius 2 is 1.46 bits per heavy atom. The van der Waals surface area contributed by atoms with Crippen LogP contribution < -0.4 is 9.62 Å². The minimum Gasteiger partial charge on any atom is -0.350 e. The predicted molar refractivity (Wildman–Crippen MR) is 166 cm³/mol. The standard InChI is InChI=1S/C32H40ClN3O4S/c1-8-28(31(38)34-32(5,6)7)35(20-25-14-9-22(2)10-15-25)30(37)21-36(29-19-26(33)16-13-24(29)4)41(39,40)27-17-11-23(3)12-18-27/h9-19,28H,8,20-21H2,1-7H3,(H,34,38). The largest absolute Gasteiger partial charge is 0.350 e. The van der Waals surface area contributed by atoms with Gasteiger partial charge in [-0.05, 0) is 83.4 Å². The third kappa shape index (κ3) is 8.33. The van der Waals surface area contributed by atoms with E-state index >= 15 is 0 Å². The minimum atomic E-state index is -4.17. The molecule has 0 spiro atoms. The second-order valence-corrected chi connectivity index (χ2v) is 13.7. The molecule has 0 aliphatic carbocycles. The van der Waals surface area contributed by atoms with Crippen molar-refractivity contribution < 1.29 is 18.0 Å². The Labute approximate surface area is 249 Å². The molecular weight excluding hydrogens is 558 g/mol. The molecule has 3 rings (SSSR count). The number of halogens is 1. The van der Waals surface area contributed by atoms with E-state index in [4.69, 9.17) is 11.6 Å². The van der Waals surface area contributed by atoms with Gasteiger partial charge in [-0.2, -0.15) is 0 Å². The first-order valence-electron chi connectivity index (χ1n) is 13.6. The highest BCUT2D eigenvalue weighted by Gasteiger charge is 2.35. The average Bonchev–Trinajstić information content (AvgIpc) is 2.89. The molecular formula is C32H40ClN3O4S. The molecule has 41 heavy (non-hydrogen) atoms. The lowest BCUT2D eigenvalue weighted by molar-refractivity contribution is -0.141. The zero-order valence-electron chi connectivity index (χ0n) is 24.9. The molecule has 0 saturated carbocycles. The molecule has 0 fully saturated rings. The fourth-order valence-electron chi connectivity index (χ4n) is 4.46. The SMILES string of the molecule is CCC(C(=O)NC(C)(C)C)N(Cc1ccc(C)cc1)C(=O)CN(c1cc(Cl)ccc1C)S(=O)(=O)c1ccc(C)cc1. The lowest BCUT2D eigenvalue weighted by Gasteiger charge is -2.35. The van der Waals surface area contributed by atoms with Crippen LogP contribution in [0, 0.1) is 20.8 Å². The Bertz CT molecular complexity index is 1480. The number of nitrogens with one attached hydrogen (secondary N) is 1. The quantitative estimate of drug-likeness (QED) is 0.302. The van der Waals surface area contributed by atoms with Crippen molar-refractivity contribution in [1.82, 2.24) is 10.2 Å². The van der Waals surface area contributed by atoms with Gasteiger partial charge in [-0.15, -0.1) is 0 Å². The van der Waals surface area contributed by atoms with Crippen LogP contribution in [-0.2, 0) is 26.2 Å². The summed E-state index contributed by atoms with van der Waals surface area (Å²) < 4.78 is 29.2. The molecule has 0 aromatic heterocycles. The van der Waals surface area contributed by atoms with Gasteiger partial charge in [-0.1, -0.05) is 72.1 Å². The Hall–Kier alpha value is -3.36. The van der Waals surface area contributed by atoms with E-state index in [0.717, 1.165) is 21.0 Å². The van der Waals surface area contributed by atoms with Crippen molar-refractivity contribution in [3.8, 4) is 0 Å². The molecule has 3 aromatic rings. The maximum atomic E-state index is 14.2. The summed E-state index contributed by atoms with van der Waals surface area (Å²) in [6, 6.07) is 18.3. The van der Waals surface area contributed by atoms with E-state index in [0.29, 0.717) is 22.7 Å². The van der Waals surface area contributed by atoms with Crippen molar-refractivity contribution in [1.29, 1.82) is 0 Å². The highest BCUT2D eigenvalue weighted by atomic mass is 35.5. The fourth-order valence-corrected chi connectivity index (χ4v) is 6.10. The molecule has 9 heteroatoms. The number of carbonyl (C=O) groups is 2. The van der Waals surface area contributed by atoms with Gasteiger partial charge >= 0.3 is 0 Å². The normalized spacial score (nSPS) is 12.5. The summed E-state index contributed by atoms with van der Waals surface area (Å²) in [7, 11) is -4.17. The lowest BCUT2D eigenvalue weighted by atomic mass is 10.1. The van der Waals surface area contributed by atoms with Crippen LogP contribution in [0.15, 0.2) is 71.6 Å². The topological polar surface area (TPSA) is 86.8 Å². The third-order valence-corrected chi connectivity index (χ3v) is 8.69. The second-order valence-electron chi connectivity index (χ2n) is 11.4. The number of aryl methyl sites for hydroxylation is 3. The van der Waals surface area contributed by atoms with E-state index < -0.39 is 34.1 Å². The van der Waals surface area contributed by atoms with Gasteiger partial charge in [-0.25, -0.2) is 8.42 Å². The zero-order chi connectivity index (χ0) is 30.5. The number of hydrogen-bond donors (Lipinski definition) is 1. The maximum absolute atomic E-state index is 14.2. The fraction of sp³-hybridized carbons (Fsp3) is 0.375. The first-order chi connectivity index (χ1) is 19.1. The van der Waals surface area contributed by atoms with E-state index in [9.17, 15) is 18.0 Å². The summed E-state index contributed by atoms with van der Waals surface area (Å²) >= 11 is 6.30. The van der Waals surface area contributed by atoms with Gasteiger partial charge in [0, 0.05) is 17.1 Å². The number of anilines is 1. The molecule has 0 aliphatic heterocycles. The van der Waals surface area contributed by atoms with Crippen LogP contribution in [0.4, 0.5) is 5.69 Å². The van der Waals surface area contributed by atoms with E-state index in [-0.39, 0.29) is 17.3 Å². The molecule has 0 bridgehead atoms. The van der Waals surface area contributed by atoms with Crippen LogP contribution >= 0.6 is 11.6 Å². The average molecular weight is 598 g/mol. The highest BCUT2D eigenvalue weighted by Crippen LogP contribution is 2.30. The summed E-state index contributed by atoms with van der Waals surface area (Å²) in [5.41, 5.74) is 3.23. The van der Waals surface area contributed by atoms with Gasteiger partial charge in [0.2, 0.25) is 11.8 Å². The Morgan fingerprint density at radius 1 is 0.902 bits per heavy atom. The maximum Gasteiger partial charge on any atom is 0.264 e. The van der Waals surface area contributed by atoms with Crippen molar-refractivity contribution in [2.75, 3.05) is 10.8 Å². The number of amides is 2.